The molecule has 2 aromatic heterocycles. The summed E-state index contributed by atoms with van der Waals surface area (Å²) in [6.45, 7) is 4.25. The summed E-state index contributed by atoms with van der Waals surface area (Å²) < 4.78 is 2.05. The van der Waals surface area contributed by atoms with Gasteiger partial charge in [0.25, 0.3) is 0 Å². The molecular formula is C15H14N2. The third-order valence-electron chi connectivity index (χ3n) is 3.08. The molecule has 17 heavy (non-hydrogen) atoms. The number of nitrogens with zero attached hydrogens (tertiary/aromatic N) is 2. The van der Waals surface area contributed by atoms with Crippen molar-refractivity contribution in [2.45, 2.75) is 13.8 Å². The standard InChI is InChI=1S/C15H14N2/c1-11-6-7-13(12(2)9-11)15-14-5-3-4-8-17(14)10-16-15/h3-10H,1-2H3. The van der Waals surface area contributed by atoms with Crippen LogP contribution >= 0.6 is 0 Å². The monoisotopic (exact) mass is 222 g/mol. The molecule has 2 heterocycles. The van der Waals surface area contributed by atoms with Crippen LogP contribution in [0, 0.1) is 13.8 Å². The van der Waals surface area contributed by atoms with Gasteiger partial charge in [0, 0.05) is 11.8 Å². The molecule has 2 nitrogen and oxygen atoms in total. The maximum absolute atomic E-state index is 4.52. The van der Waals surface area contributed by atoms with Crippen LogP contribution in [0.4, 0.5) is 0 Å². The van der Waals surface area contributed by atoms with Crippen molar-refractivity contribution >= 4 is 5.52 Å². The summed E-state index contributed by atoms with van der Waals surface area (Å²) in [5.41, 5.74) is 5.98. The molecule has 0 bridgehead atoms. The Hall–Kier alpha value is -2.09. The second-order valence-corrected chi connectivity index (χ2v) is 4.40. The van der Waals surface area contributed by atoms with Crippen molar-refractivity contribution in [1.82, 2.24) is 9.38 Å². The van der Waals surface area contributed by atoms with Gasteiger partial charge < -0.3 is 4.40 Å². The Kier molecular flexibility index (Phi) is 2.22. The van der Waals surface area contributed by atoms with E-state index in [4.69, 9.17) is 0 Å². The van der Waals surface area contributed by atoms with E-state index in [2.05, 4.69) is 47.5 Å². The first-order chi connectivity index (χ1) is 8.25. The lowest BCUT2D eigenvalue weighted by Crippen LogP contribution is -1.86. The molecule has 0 N–H and O–H groups in total. The molecule has 0 aliphatic rings. The average molecular weight is 222 g/mol. The van der Waals surface area contributed by atoms with Crippen molar-refractivity contribution in [3.05, 3.63) is 60.0 Å². The van der Waals surface area contributed by atoms with Gasteiger partial charge >= 0.3 is 0 Å². The maximum atomic E-state index is 4.52. The van der Waals surface area contributed by atoms with Crippen LogP contribution in [-0.4, -0.2) is 9.38 Å². The average Bonchev–Trinajstić information content (AvgIpc) is 2.73. The number of rotatable bonds is 1. The summed E-state index contributed by atoms with van der Waals surface area (Å²) in [5.74, 6) is 0. The van der Waals surface area contributed by atoms with E-state index in [1.165, 1.54) is 16.7 Å². The second-order valence-electron chi connectivity index (χ2n) is 4.40. The van der Waals surface area contributed by atoms with Crippen molar-refractivity contribution in [3.8, 4) is 11.3 Å². The van der Waals surface area contributed by atoms with Crippen molar-refractivity contribution in [3.63, 3.8) is 0 Å². The van der Waals surface area contributed by atoms with E-state index in [-0.39, 0.29) is 0 Å². The first kappa shape index (κ1) is 10.1. The number of fused-ring (bicyclic) bond motifs is 1. The molecule has 0 saturated heterocycles. The first-order valence-electron chi connectivity index (χ1n) is 5.75. The molecule has 0 aliphatic carbocycles. The van der Waals surface area contributed by atoms with Crippen molar-refractivity contribution in [1.29, 1.82) is 0 Å². The Morgan fingerprint density at radius 2 is 1.94 bits per heavy atom. The highest BCUT2D eigenvalue weighted by atomic mass is 15.0. The lowest BCUT2D eigenvalue weighted by atomic mass is 10.0. The Morgan fingerprint density at radius 3 is 2.76 bits per heavy atom. The number of pyridine rings is 1. The zero-order valence-electron chi connectivity index (χ0n) is 10.0. The third-order valence-corrected chi connectivity index (χ3v) is 3.08. The van der Waals surface area contributed by atoms with Gasteiger partial charge in [0.05, 0.1) is 17.5 Å². The highest BCUT2D eigenvalue weighted by Gasteiger charge is 2.08. The van der Waals surface area contributed by atoms with E-state index in [1.807, 2.05) is 24.7 Å². The summed E-state index contributed by atoms with van der Waals surface area (Å²) in [6.07, 6.45) is 3.89. The summed E-state index contributed by atoms with van der Waals surface area (Å²) in [7, 11) is 0. The molecule has 0 radical (unpaired) electrons. The summed E-state index contributed by atoms with van der Waals surface area (Å²) >= 11 is 0. The van der Waals surface area contributed by atoms with Crippen LogP contribution in [0.3, 0.4) is 0 Å². The number of imidazole rings is 1. The summed E-state index contributed by atoms with van der Waals surface area (Å²) in [6, 6.07) is 12.6. The molecule has 0 atom stereocenters. The van der Waals surface area contributed by atoms with Gasteiger partial charge in [-0.1, -0.05) is 29.8 Å². The summed E-state index contributed by atoms with van der Waals surface area (Å²) in [5, 5.41) is 0. The lowest BCUT2D eigenvalue weighted by molar-refractivity contribution is 1.15. The molecular weight excluding hydrogens is 208 g/mol. The fourth-order valence-electron chi connectivity index (χ4n) is 2.23. The molecule has 3 rings (SSSR count). The van der Waals surface area contributed by atoms with E-state index in [9.17, 15) is 0 Å². The van der Waals surface area contributed by atoms with Crippen LogP contribution in [0.25, 0.3) is 16.8 Å². The van der Waals surface area contributed by atoms with Crippen molar-refractivity contribution in [2.24, 2.45) is 0 Å². The molecule has 0 fully saturated rings. The maximum Gasteiger partial charge on any atom is 0.0999 e. The van der Waals surface area contributed by atoms with E-state index < -0.39 is 0 Å². The minimum absolute atomic E-state index is 1.06. The predicted octanol–water partition coefficient (Wildman–Crippen LogP) is 3.62. The zero-order valence-corrected chi connectivity index (χ0v) is 10.0. The van der Waals surface area contributed by atoms with Crippen LogP contribution in [0.5, 0.6) is 0 Å². The molecule has 0 spiro atoms. The van der Waals surface area contributed by atoms with Gasteiger partial charge in [0.15, 0.2) is 0 Å². The number of hydrogen-bond donors (Lipinski definition) is 0. The molecule has 2 heteroatoms. The zero-order chi connectivity index (χ0) is 11.8. The Morgan fingerprint density at radius 1 is 1.06 bits per heavy atom. The quantitative estimate of drug-likeness (QED) is 0.614. The minimum Gasteiger partial charge on any atom is -0.306 e. The summed E-state index contributed by atoms with van der Waals surface area (Å²) in [4.78, 5) is 4.52. The molecule has 0 amide bonds. The van der Waals surface area contributed by atoms with Gasteiger partial charge in [-0.3, -0.25) is 0 Å². The van der Waals surface area contributed by atoms with Crippen LogP contribution in [0.15, 0.2) is 48.9 Å². The number of aromatic nitrogens is 2. The molecule has 3 aromatic rings. The van der Waals surface area contributed by atoms with E-state index >= 15 is 0 Å². The second kappa shape index (κ2) is 3.74. The minimum atomic E-state index is 1.06. The van der Waals surface area contributed by atoms with Gasteiger partial charge in [-0.05, 0) is 31.5 Å². The molecule has 0 aliphatic heterocycles. The van der Waals surface area contributed by atoms with Crippen LogP contribution < -0.4 is 0 Å². The molecule has 0 saturated carbocycles. The van der Waals surface area contributed by atoms with Gasteiger partial charge in [-0.15, -0.1) is 0 Å². The number of hydrogen-bond acceptors (Lipinski definition) is 1. The smallest absolute Gasteiger partial charge is 0.0999 e. The highest BCUT2D eigenvalue weighted by Crippen LogP contribution is 2.26. The SMILES string of the molecule is Cc1ccc(-c2ncn3ccccc23)c(C)c1. The van der Waals surface area contributed by atoms with Crippen LogP contribution in [-0.2, 0) is 0 Å². The van der Waals surface area contributed by atoms with Gasteiger partial charge in [0.2, 0.25) is 0 Å². The fourth-order valence-corrected chi connectivity index (χ4v) is 2.23. The first-order valence-corrected chi connectivity index (χ1v) is 5.75. The van der Waals surface area contributed by atoms with Crippen LogP contribution in [0.1, 0.15) is 11.1 Å². The largest absolute Gasteiger partial charge is 0.306 e. The molecule has 1 aromatic carbocycles. The molecule has 84 valence electrons. The van der Waals surface area contributed by atoms with E-state index in [1.54, 1.807) is 0 Å². The molecule has 0 unspecified atom stereocenters. The Bertz CT molecular complexity index is 680. The fraction of sp³-hybridized carbons (Fsp3) is 0.133. The topological polar surface area (TPSA) is 17.3 Å². The Balaban J connectivity index is 2.27. The van der Waals surface area contributed by atoms with Crippen LogP contribution in [0.2, 0.25) is 0 Å². The normalized spacial score (nSPS) is 10.9. The number of benzene rings is 1. The van der Waals surface area contributed by atoms with Crippen molar-refractivity contribution in [2.75, 3.05) is 0 Å². The Labute approximate surface area is 101 Å². The lowest BCUT2D eigenvalue weighted by Gasteiger charge is -2.04. The number of aryl methyl sites for hydroxylation is 2. The van der Waals surface area contributed by atoms with E-state index in [0.29, 0.717) is 0 Å². The highest BCUT2D eigenvalue weighted by molar-refractivity contribution is 5.79. The predicted molar refractivity (Wildman–Crippen MR) is 70.1 cm³/mol. The van der Waals surface area contributed by atoms with Gasteiger partial charge in [-0.25, -0.2) is 4.98 Å². The van der Waals surface area contributed by atoms with Gasteiger partial charge in [0.1, 0.15) is 0 Å². The van der Waals surface area contributed by atoms with Crippen molar-refractivity contribution < 1.29 is 0 Å². The van der Waals surface area contributed by atoms with Gasteiger partial charge in [-0.2, -0.15) is 0 Å². The third kappa shape index (κ3) is 1.62. The van der Waals surface area contributed by atoms with E-state index in [0.717, 1.165) is 11.2 Å².